The summed E-state index contributed by atoms with van der Waals surface area (Å²) in [4.78, 5) is 25.5. The van der Waals surface area contributed by atoms with Crippen molar-refractivity contribution in [3.05, 3.63) is 47.7 Å². The molecule has 0 spiro atoms. The number of thiocarbonyl (C=S) groups is 1. The highest BCUT2D eigenvalue weighted by molar-refractivity contribution is 7.80. The SMILES string of the molecule is CC1=CC(C)(C)NC(=S)N1C(=O)NC(=O)c1ccccc1. The van der Waals surface area contributed by atoms with Crippen LogP contribution in [0.1, 0.15) is 31.1 Å². The van der Waals surface area contributed by atoms with Gasteiger partial charge in [-0.05, 0) is 51.2 Å². The Morgan fingerprint density at radius 1 is 1.24 bits per heavy atom. The van der Waals surface area contributed by atoms with Crippen LogP contribution in [0.3, 0.4) is 0 Å². The summed E-state index contributed by atoms with van der Waals surface area (Å²) < 4.78 is 0. The number of amides is 3. The van der Waals surface area contributed by atoms with E-state index in [4.69, 9.17) is 12.2 Å². The van der Waals surface area contributed by atoms with Gasteiger partial charge in [-0.2, -0.15) is 0 Å². The second kappa shape index (κ2) is 5.65. The molecule has 0 radical (unpaired) electrons. The van der Waals surface area contributed by atoms with Crippen LogP contribution in [0.15, 0.2) is 42.1 Å². The fraction of sp³-hybridized carbons (Fsp3) is 0.267. The molecule has 1 aromatic rings. The molecule has 0 aliphatic carbocycles. The highest BCUT2D eigenvalue weighted by Gasteiger charge is 2.31. The lowest BCUT2D eigenvalue weighted by molar-refractivity contribution is 0.0960. The highest BCUT2D eigenvalue weighted by Crippen LogP contribution is 2.19. The molecule has 0 unspecified atom stereocenters. The summed E-state index contributed by atoms with van der Waals surface area (Å²) in [7, 11) is 0. The standard InChI is InChI=1S/C15H17N3O2S/c1-10-9-15(2,3)17-14(21)18(10)13(20)16-12(19)11-7-5-4-6-8-11/h4-9H,1-3H3,(H,17,21)(H,16,19,20). The minimum atomic E-state index is -0.564. The van der Waals surface area contributed by atoms with Crippen LogP contribution in [-0.2, 0) is 0 Å². The Hall–Kier alpha value is -2.21. The van der Waals surface area contributed by atoms with Crippen molar-refractivity contribution in [2.45, 2.75) is 26.3 Å². The van der Waals surface area contributed by atoms with Crippen molar-refractivity contribution < 1.29 is 9.59 Å². The van der Waals surface area contributed by atoms with Gasteiger partial charge in [-0.25, -0.2) is 9.69 Å². The predicted molar refractivity (Wildman–Crippen MR) is 84.7 cm³/mol. The molecule has 1 aromatic carbocycles. The van der Waals surface area contributed by atoms with Crippen molar-refractivity contribution in [2.75, 3.05) is 0 Å². The van der Waals surface area contributed by atoms with E-state index >= 15 is 0 Å². The average Bonchev–Trinajstić information content (AvgIpc) is 2.37. The Balaban J connectivity index is 2.14. The van der Waals surface area contributed by atoms with E-state index in [0.29, 0.717) is 11.3 Å². The first-order chi connectivity index (χ1) is 9.80. The molecular formula is C15H17N3O2S. The summed E-state index contributed by atoms with van der Waals surface area (Å²) in [6, 6.07) is 7.99. The first-order valence-corrected chi connectivity index (χ1v) is 6.93. The maximum atomic E-state index is 12.2. The van der Waals surface area contributed by atoms with Crippen LogP contribution in [0, 0.1) is 0 Å². The lowest BCUT2D eigenvalue weighted by Crippen LogP contribution is -2.57. The number of rotatable bonds is 1. The number of nitrogens with zero attached hydrogens (tertiary/aromatic N) is 1. The third-order valence-corrected chi connectivity index (χ3v) is 3.30. The molecule has 5 nitrogen and oxygen atoms in total. The van der Waals surface area contributed by atoms with Gasteiger partial charge in [-0.3, -0.25) is 10.1 Å². The van der Waals surface area contributed by atoms with E-state index in [-0.39, 0.29) is 10.7 Å². The Morgan fingerprint density at radius 3 is 2.43 bits per heavy atom. The summed E-state index contributed by atoms with van der Waals surface area (Å²) >= 11 is 5.20. The monoisotopic (exact) mass is 303 g/mol. The number of hydrogen-bond donors (Lipinski definition) is 2. The molecule has 0 atom stereocenters. The van der Waals surface area contributed by atoms with Crippen molar-refractivity contribution in [3.8, 4) is 0 Å². The molecule has 1 aliphatic heterocycles. The van der Waals surface area contributed by atoms with Gasteiger partial charge in [-0.1, -0.05) is 18.2 Å². The first kappa shape index (κ1) is 15.2. The number of carbonyl (C=O) groups is 2. The van der Waals surface area contributed by atoms with Crippen molar-refractivity contribution in [1.82, 2.24) is 15.5 Å². The molecule has 2 N–H and O–H groups in total. The second-order valence-electron chi connectivity index (χ2n) is 5.40. The summed E-state index contributed by atoms with van der Waals surface area (Å²) in [6.07, 6.45) is 1.88. The van der Waals surface area contributed by atoms with Crippen LogP contribution in [0.5, 0.6) is 0 Å². The van der Waals surface area contributed by atoms with Crippen LogP contribution in [0.4, 0.5) is 4.79 Å². The lowest BCUT2D eigenvalue weighted by Gasteiger charge is -2.36. The fourth-order valence-electron chi connectivity index (χ4n) is 2.18. The van der Waals surface area contributed by atoms with E-state index in [2.05, 4.69) is 10.6 Å². The van der Waals surface area contributed by atoms with E-state index < -0.39 is 11.9 Å². The predicted octanol–water partition coefficient (Wildman–Crippen LogP) is 2.41. The topological polar surface area (TPSA) is 61.4 Å². The molecule has 3 amide bonds. The summed E-state index contributed by atoms with van der Waals surface area (Å²) in [5.41, 5.74) is 0.785. The Labute approximate surface area is 129 Å². The van der Waals surface area contributed by atoms with Crippen molar-refractivity contribution in [2.24, 2.45) is 0 Å². The fourth-order valence-corrected chi connectivity index (χ4v) is 2.67. The number of allylic oxidation sites excluding steroid dienone is 1. The molecule has 110 valence electrons. The van der Waals surface area contributed by atoms with E-state index in [9.17, 15) is 9.59 Å². The number of nitrogens with one attached hydrogen (secondary N) is 2. The summed E-state index contributed by atoms with van der Waals surface area (Å²) in [5.74, 6) is -0.457. The smallest absolute Gasteiger partial charge is 0.334 e. The molecule has 0 saturated heterocycles. The zero-order valence-corrected chi connectivity index (χ0v) is 13.0. The lowest BCUT2D eigenvalue weighted by atomic mass is 10.0. The Bertz CT molecular complexity index is 623. The Morgan fingerprint density at radius 2 is 1.86 bits per heavy atom. The second-order valence-corrected chi connectivity index (χ2v) is 5.78. The molecule has 2 rings (SSSR count). The van der Waals surface area contributed by atoms with Crippen LogP contribution < -0.4 is 10.6 Å². The zero-order valence-electron chi connectivity index (χ0n) is 12.1. The molecule has 0 bridgehead atoms. The molecule has 21 heavy (non-hydrogen) atoms. The van der Waals surface area contributed by atoms with Gasteiger partial charge < -0.3 is 5.32 Å². The normalized spacial score (nSPS) is 16.8. The molecule has 0 aromatic heterocycles. The van der Waals surface area contributed by atoms with Gasteiger partial charge in [0.1, 0.15) is 0 Å². The number of carbonyl (C=O) groups excluding carboxylic acids is 2. The van der Waals surface area contributed by atoms with Crippen LogP contribution in [0.2, 0.25) is 0 Å². The van der Waals surface area contributed by atoms with Gasteiger partial charge in [0.05, 0.1) is 5.54 Å². The Kier molecular flexibility index (Phi) is 4.09. The maximum Gasteiger partial charge on any atom is 0.334 e. The van der Waals surface area contributed by atoms with Crippen LogP contribution in [-0.4, -0.2) is 27.5 Å². The minimum Gasteiger partial charge on any atom is -0.353 e. The minimum absolute atomic E-state index is 0.276. The van der Waals surface area contributed by atoms with Crippen molar-refractivity contribution >= 4 is 29.3 Å². The molecule has 1 aliphatic rings. The van der Waals surface area contributed by atoms with Crippen LogP contribution >= 0.6 is 12.2 Å². The van der Waals surface area contributed by atoms with E-state index in [1.165, 1.54) is 4.90 Å². The van der Waals surface area contributed by atoms with Gasteiger partial charge in [0.2, 0.25) is 0 Å². The zero-order chi connectivity index (χ0) is 15.6. The summed E-state index contributed by atoms with van der Waals surface area (Å²) in [6.45, 7) is 5.68. The number of urea groups is 1. The average molecular weight is 303 g/mol. The molecule has 0 fully saturated rings. The third kappa shape index (κ3) is 3.46. The van der Waals surface area contributed by atoms with E-state index in [1.54, 1.807) is 37.3 Å². The van der Waals surface area contributed by atoms with Gasteiger partial charge in [0, 0.05) is 11.3 Å². The number of imide groups is 1. The molecule has 6 heteroatoms. The van der Waals surface area contributed by atoms with Crippen molar-refractivity contribution in [1.29, 1.82) is 0 Å². The van der Waals surface area contributed by atoms with E-state index in [1.807, 2.05) is 19.9 Å². The first-order valence-electron chi connectivity index (χ1n) is 6.52. The largest absolute Gasteiger partial charge is 0.353 e. The highest BCUT2D eigenvalue weighted by atomic mass is 32.1. The van der Waals surface area contributed by atoms with E-state index in [0.717, 1.165) is 0 Å². The van der Waals surface area contributed by atoms with Gasteiger partial charge >= 0.3 is 6.03 Å². The van der Waals surface area contributed by atoms with Crippen LogP contribution in [0.25, 0.3) is 0 Å². The van der Waals surface area contributed by atoms with Gasteiger partial charge in [-0.15, -0.1) is 0 Å². The van der Waals surface area contributed by atoms with Crippen molar-refractivity contribution in [3.63, 3.8) is 0 Å². The molecule has 0 saturated carbocycles. The maximum absolute atomic E-state index is 12.2. The number of benzene rings is 1. The third-order valence-electron chi connectivity index (χ3n) is 3.01. The number of hydrogen-bond acceptors (Lipinski definition) is 3. The molecular weight excluding hydrogens is 286 g/mol. The van der Waals surface area contributed by atoms with Gasteiger partial charge in [0.25, 0.3) is 5.91 Å². The summed E-state index contributed by atoms with van der Waals surface area (Å²) in [5, 5.41) is 5.65. The quantitative estimate of drug-likeness (QED) is 0.782. The van der Waals surface area contributed by atoms with Gasteiger partial charge in [0.15, 0.2) is 5.11 Å². The molecule has 1 heterocycles.